The molecular formula is C13H16N4O2. The van der Waals surface area contributed by atoms with Gasteiger partial charge in [0.15, 0.2) is 6.10 Å². The first-order valence-electron chi connectivity index (χ1n) is 5.99. The van der Waals surface area contributed by atoms with Crippen molar-refractivity contribution in [2.24, 2.45) is 0 Å². The van der Waals surface area contributed by atoms with E-state index in [1.165, 1.54) is 13.4 Å². The van der Waals surface area contributed by atoms with Gasteiger partial charge in [0.2, 0.25) is 0 Å². The van der Waals surface area contributed by atoms with Gasteiger partial charge in [0.25, 0.3) is 5.91 Å². The van der Waals surface area contributed by atoms with E-state index >= 15 is 0 Å². The summed E-state index contributed by atoms with van der Waals surface area (Å²) in [4.78, 5) is 15.9. The largest absolute Gasteiger partial charge is 0.367 e. The average molecular weight is 260 g/mol. The molecule has 1 N–H and O–H groups in total. The Morgan fingerprint density at radius 1 is 1.42 bits per heavy atom. The molecule has 0 aliphatic carbocycles. The predicted molar refractivity (Wildman–Crippen MR) is 69.2 cm³/mol. The van der Waals surface area contributed by atoms with Gasteiger partial charge in [-0.1, -0.05) is 30.3 Å². The molecule has 6 heteroatoms. The summed E-state index contributed by atoms with van der Waals surface area (Å²) < 4.78 is 6.90. The highest BCUT2D eigenvalue weighted by molar-refractivity contribution is 5.82. The summed E-state index contributed by atoms with van der Waals surface area (Å²) in [7, 11) is 1.52. The maximum Gasteiger partial charge on any atom is 0.253 e. The first-order valence-corrected chi connectivity index (χ1v) is 5.99. The maximum atomic E-state index is 12.0. The zero-order valence-electron chi connectivity index (χ0n) is 10.7. The molecule has 1 atom stereocenters. The van der Waals surface area contributed by atoms with Gasteiger partial charge in [-0.3, -0.25) is 9.48 Å². The molecule has 0 saturated heterocycles. The van der Waals surface area contributed by atoms with E-state index in [4.69, 9.17) is 4.74 Å². The van der Waals surface area contributed by atoms with Gasteiger partial charge in [0.05, 0.1) is 6.54 Å². The lowest BCUT2D eigenvalue weighted by molar-refractivity contribution is -0.131. The number of rotatable bonds is 6. The number of nitrogens with zero attached hydrogens (tertiary/aromatic N) is 3. The fraction of sp³-hybridized carbons (Fsp3) is 0.308. The number of nitrogens with one attached hydrogen (secondary N) is 1. The fourth-order valence-electron chi connectivity index (χ4n) is 1.76. The Morgan fingerprint density at radius 2 is 2.21 bits per heavy atom. The summed E-state index contributed by atoms with van der Waals surface area (Å²) in [5.41, 5.74) is 0.836. The van der Waals surface area contributed by atoms with Crippen molar-refractivity contribution in [2.75, 3.05) is 13.7 Å². The molecule has 0 saturated carbocycles. The second kappa shape index (κ2) is 6.65. The van der Waals surface area contributed by atoms with E-state index in [0.29, 0.717) is 13.1 Å². The molecule has 1 aromatic carbocycles. The monoisotopic (exact) mass is 260 g/mol. The number of methoxy groups -OCH3 is 1. The second-order valence-corrected chi connectivity index (χ2v) is 3.98. The minimum absolute atomic E-state index is 0.159. The van der Waals surface area contributed by atoms with Crippen LogP contribution in [0.5, 0.6) is 0 Å². The summed E-state index contributed by atoms with van der Waals surface area (Å²) >= 11 is 0. The van der Waals surface area contributed by atoms with Crippen LogP contribution in [0.4, 0.5) is 0 Å². The van der Waals surface area contributed by atoms with Crippen LogP contribution in [0, 0.1) is 0 Å². The lowest BCUT2D eigenvalue weighted by atomic mass is 10.1. The third-order valence-electron chi connectivity index (χ3n) is 2.68. The Labute approximate surface area is 111 Å². The molecule has 19 heavy (non-hydrogen) atoms. The van der Waals surface area contributed by atoms with Crippen molar-refractivity contribution in [2.45, 2.75) is 12.6 Å². The molecule has 0 unspecified atom stereocenters. The third-order valence-corrected chi connectivity index (χ3v) is 2.68. The molecule has 0 fully saturated rings. The van der Waals surface area contributed by atoms with Gasteiger partial charge in [-0.2, -0.15) is 5.10 Å². The zero-order valence-corrected chi connectivity index (χ0v) is 10.7. The number of ether oxygens (including phenoxy) is 1. The normalized spacial score (nSPS) is 12.1. The van der Waals surface area contributed by atoms with Crippen LogP contribution in [-0.2, 0) is 16.1 Å². The predicted octanol–water partition coefficient (Wildman–Crippen LogP) is 0.782. The smallest absolute Gasteiger partial charge is 0.253 e. The maximum absolute atomic E-state index is 12.0. The fourth-order valence-corrected chi connectivity index (χ4v) is 1.76. The third kappa shape index (κ3) is 3.62. The Balaban J connectivity index is 1.87. The van der Waals surface area contributed by atoms with Gasteiger partial charge in [-0.15, -0.1) is 0 Å². The molecule has 0 radical (unpaired) electrons. The lowest BCUT2D eigenvalue weighted by Gasteiger charge is -2.15. The Hall–Kier alpha value is -2.21. The van der Waals surface area contributed by atoms with Crippen molar-refractivity contribution in [1.82, 2.24) is 20.1 Å². The highest BCUT2D eigenvalue weighted by Gasteiger charge is 2.18. The van der Waals surface area contributed by atoms with E-state index in [-0.39, 0.29) is 5.91 Å². The first-order chi connectivity index (χ1) is 9.31. The molecule has 0 bridgehead atoms. The number of amides is 1. The van der Waals surface area contributed by atoms with Crippen molar-refractivity contribution in [3.05, 3.63) is 48.5 Å². The molecule has 2 rings (SSSR count). The van der Waals surface area contributed by atoms with Crippen LogP contribution >= 0.6 is 0 Å². The number of aromatic nitrogens is 3. The molecular weight excluding hydrogens is 244 g/mol. The number of benzene rings is 1. The summed E-state index contributed by atoms with van der Waals surface area (Å²) in [5.74, 6) is -0.159. The van der Waals surface area contributed by atoms with Crippen LogP contribution in [0.1, 0.15) is 11.7 Å². The molecule has 0 aliphatic heterocycles. The van der Waals surface area contributed by atoms with Gasteiger partial charge < -0.3 is 10.1 Å². The zero-order chi connectivity index (χ0) is 13.5. The molecule has 1 aromatic heterocycles. The number of carbonyl (C=O) groups excluding carboxylic acids is 1. The summed E-state index contributed by atoms with van der Waals surface area (Å²) in [6.45, 7) is 1.06. The Kier molecular flexibility index (Phi) is 4.63. The van der Waals surface area contributed by atoms with Crippen molar-refractivity contribution in [3.8, 4) is 0 Å². The number of carbonyl (C=O) groups is 1. The SMILES string of the molecule is CO[C@H](C(=O)NCCn1cncn1)c1ccccc1. The highest BCUT2D eigenvalue weighted by atomic mass is 16.5. The minimum Gasteiger partial charge on any atom is -0.367 e. The van der Waals surface area contributed by atoms with E-state index in [1.54, 1.807) is 11.0 Å². The van der Waals surface area contributed by atoms with Gasteiger partial charge >= 0.3 is 0 Å². The molecule has 100 valence electrons. The van der Waals surface area contributed by atoms with Crippen molar-refractivity contribution in [3.63, 3.8) is 0 Å². The quantitative estimate of drug-likeness (QED) is 0.833. The van der Waals surface area contributed by atoms with Crippen LogP contribution in [0.3, 0.4) is 0 Å². The summed E-state index contributed by atoms with van der Waals surface area (Å²) in [6, 6.07) is 9.39. The summed E-state index contributed by atoms with van der Waals surface area (Å²) in [6.07, 6.45) is 2.48. The van der Waals surface area contributed by atoms with Crippen LogP contribution in [-0.4, -0.2) is 34.3 Å². The van der Waals surface area contributed by atoms with E-state index in [2.05, 4.69) is 15.4 Å². The lowest BCUT2D eigenvalue weighted by Crippen LogP contribution is -2.32. The van der Waals surface area contributed by atoms with Crippen molar-refractivity contribution in [1.29, 1.82) is 0 Å². The first kappa shape index (κ1) is 13.2. The van der Waals surface area contributed by atoms with E-state index in [9.17, 15) is 4.79 Å². The molecule has 1 heterocycles. The van der Waals surface area contributed by atoms with Crippen LogP contribution < -0.4 is 5.32 Å². The van der Waals surface area contributed by atoms with Crippen LogP contribution in [0.25, 0.3) is 0 Å². The number of hydrogen-bond acceptors (Lipinski definition) is 4. The summed E-state index contributed by atoms with van der Waals surface area (Å²) in [5, 5.41) is 6.78. The molecule has 0 spiro atoms. The Bertz CT molecular complexity index is 499. The Morgan fingerprint density at radius 3 is 2.84 bits per heavy atom. The molecule has 1 amide bonds. The topological polar surface area (TPSA) is 69.0 Å². The van der Waals surface area contributed by atoms with E-state index in [0.717, 1.165) is 5.56 Å². The standard InChI is InChI=1S/C13H16N4O2/c1-19-12(11-5-3-2-4-6-11)13(18)15-7-8-17-10-14-9-16-17/h2-6,9-10,12H,7-8H2,1H3,(H,15,18)/t12-/m0/s1. The molecule has 0 aliphatic rings. The van der Waals surface area contributed by atoms with E-state index in [1.807, 2.05) is 30.3 Å². The van der Waals surface area contributed by atoms with Crippen LogP contribution in [0.15, 0.2) is 43.0 Å². The van der Waals surface area contributed by atoms with Gasteiger partial charge in [-0.05, 0) is 5.56 Å². The average Bonchev–Trinajstić information content (AvgIpc) is 2.94. The highest BCUT2D eigenvalue weighted by Crippen LogP contribution is 2.15. The molecule has 2 aromatic rings. The molecule has 6 nitrogen and oxygen atoms in total. The minimum atomic E-state index is -0.586. The van der Waals surface area contributed by atoms with E-state index < -0.39 is 6.10 Å². The van der Waals surface area contributed by atoms with Gasteiger partial charge in [0.1, 0.15) is 12.7 Å². The number of hydrogen-bond donors (Lipinski definition) is 1. The van der Waals surface area contributed by atoms with Crippen LogP contribution in [0.2, 0.25) is 0 Å². The van der Waals surface area contributed by atoms with Gasteiger partial charge in [0, 0.05) is 13.7 Å². The second-order valence-electron chi connectivity index (χ2n) is 3.98. The van der Waals surface area contributed by atoms with Crippen molar-refractivity contribution < 1.29 is 9.53 Å². The van der Waals surface area contributed by atoms with Crippen molar-refractivity contribution >= 4 is 5.91 Å². The van der Waals surface area contributed by atoms with Gasteiger partial charge in [-0.25, -0.2) is 4.98 Å².